The summed E-state index contributed by atoms with van der Waals surface area (Å²) in [5, 5.41) is 23.4. The third-order valence-corrected chi connectivity index (χ3v) is 5.46. The van der Waals surface area contributed by atoms with Gasteiger partial charge in [0.15, 0.2) is 11.5 Å². The molecule has 0 heterocycles. The van der Waals surface area contributed by atoms with Crippen molar-refractivity contribution in [3.05, 3.63) is 91.0 Å². The van der Waals surface area contributed by atoms with E-state index in [-0.39, 0.29) is 17.1 Å². The fourth-order valence-corrected chi connectivity index (χ4v) is 3.73. The highest BCUT2D eigenvalue weighted by molar-refractivity contribution is 14.1. The number of para-hydroxylation sites is 1. The summed E-state index contributed by atoms with van der Waals surface area (Å²) < 4.78 is 50.2. The Kier molecular flexibility index (Phi) is 8.15. The van der Waals surface area contributed by atoms with Crippen LogP contribution in [0, 0.1) is 25.0 Å². The molecule has 3 rings (SSSR count). The first-order chi connectivity index (χ1) is 17.0. The van der Waals surface area contributed by atoms with Crippen molar-refractivity contribution in [3.63, 3.8) is 0 Å². The topological polar surface area (TPSA) is 114 Å². The molecule has 0 aliphatic heterocycles. The highest BCUT2D eigenvalue weighted by Crippen LogP contribution is 2.42. The first-order valence-electron chi connectivity index (χ1n) is 9.92. The minimum absolute atomic E-state index is 0.00496. The molecule has 0 aliphatic rings. The van der Waals surface area contributed by atoms with Crippen molar-refractivity contribution < 1.29 is 32.4 Å². The number of carbonyl (C=O) groups is 1. The molecule has 0 spiro atoms. The summed E-state index contributed by atoms with van der Waals surface area (Å²) >= 11 is 1.84. The van der Waals surface area contributed by atoms with Crippen LogP contribution in [-0.4, -0.2) is 17.9 Å². The Labute approximate surface area is 216 Å². The van der Waals surface area contributed by atoms with Crippen molar-refractivity contribution in [2.24, 2.45) is 0 Å². The van der Waals surface area contributed by atoms with Crippen LogP contribution in [0.1, 0.15) is 11.1 Å². The van der Waals surface area contributed by atoms with E-state index in [1.54, 1.807) is 30.3 Å². The largest absolute Gasteiger partial charge is 0.493 e. The van der Waals surface area contributed by atoms with E-state index in [4.69, 9.17) is 9.47 Å². The lowest BCUT2D eigenvalue weighted by molar-refractivity contribution is -0.385. The summed E-state index contributed by atoms with van der Waals surface area (Å²) in [6.45, 7) is 0. The molecule has 0 unspecified atom stereocenters. The molecule has 0 saturated heterocycles. The van der Waals surface area contributed by atoms with Gasteiger partial charge in [0, 0.05) is 11.8 Å². The van der Waals surface area contributed by atoms with Crippen molar-refractivity contribution in [3.8, 4) is 23.3 Å². The molecule has 12 heteroatoms. The summed E-state index contributed by atoms with van der Waals surface area (Å²) in [5.41, 5.74) is -1.40. The van der Waals surface area contributed by atoms with Crippen LogP contribution in [0.5, 0.6) is 17.2 Å². The maximum atomic E-state index is 13.0. The number of rotatable bonds is 7. The lowest BCUT2D eigenvalue weighted by atomic mass is 10.1. The van der Waals surface area contributed by atoms with E-state index in [0.29, 0.717) is 27.0 Å². The van der Waals surface area contributed by atoms with E-state index < -0.39 is 34.0 Å². The molecule has 0 radical (unpaired) electrons. The summed E-state index contributed by atoms with van der Waals surface area (Å²) in [7, 11) is 1.29. The first-order valence-corrected chi connectivity index (χ1v) is 11.0. The van der Waals surface area contributed by atoms with Crippen LogP contribution < -0.4 is 14.8 Å². The number of nitriles is 1. The Morgan fingerprint density at radius 2 is 1.83 bits per heavy atom. The minimum atomic E-state index is -4.77. The SMILES string of the molecule is COc1cc(/C=C(\C#N)C(=O)Nc2ccccc2)cc(I)c1Oc1ccc(C(F)(F)F)cc1[N+](=O)[O-]. The second-order valence-corrected chi connectivity index (χ2v) is 8.23. The lowest BCUT2D eigenvalue weighted by Gasteiger charge is -2.14. The smallest absolute Gasteiger partial charge is 0.416 e. The number of anilines is 1. The Balaban J connectivity index is 1.96. The lowest BCUT2D eigenvalue weighted by Crippen LogP contribution is -2.13. The van der Waals surface area contributed by atoms with E-state index in [2.05, 4.69) is 5.32 Å². The summed E-state index contributed by atoms with van der Waals surface area (Å²) in [4.78, 5) is 22.9. The zero-order chi connectivity index (χ0) is 26.5. The van der Waals surface area contributed by atoms with Gasteiger partial charge in [-0.3, -0.25) is 14.9 Å². The molecule has 0 aliphatic carbocycles. The van der Waals surface area contributed by atoms with Crippen LogP contribution in [0.25, 0.3) is 6.08 Å². The third-order valence-electron chi connectivity index (χ3n) is 4.65. The fourth-order valence-electron chi connectivity index (χ4n) is 2.99. The Hall–Kier alpha value is -4.12. The van der Waals surface area contributed by atoms with Gasteiger partial charge in [-0.05, 0) is 70.6 Å². The highest BCUT2D eigenvalue weighted by Gasteiger charge is 2.33. The van der Waals surface area contributed by atoms with Gasteiger partial charge >= 0.3 is 11.9 Å². The number of methoxy groups -OCH3 is 1. The van der Waals surface area contributed by atoms with Crippen LogP contribution in [-0.2, 0) is 11.0 Å². The summed E-state index contributed by atoms with van der Waals surface area (Å²) in [6.07, 6.45) is -3.46. The van der Waals surface area contributed by atoms with E-state index in [1.807, 2.05) is 28.7 Å². The predicted molar refractivity (Wildman–Crippen MR) is 133 cm³/mol. The molecular formula is C24H15F3IN3O5. The average Bonchev–Trinajstić information content (AvgIpc) is 2.83. The number of benzene rings is 3. The number of ether oxygens (including phenoxy) is 2. The number of nitro groups is 1. The van der Waals surface area contributed by atoms with Gasteiger partial charge in [0.2, 0.25) is 5.75 Å². The number of hydrogen-bond donors (Lipinski definition) is 1. The summed E-state index contributed by atoms with van der Waals surface area (Å²) in [6, 6.07) is 15.2. The Bertz CT molecular complexity index is 1390. The van der Waals surface area contributed by atoms with Gasteiger partial charge < -0.3 is 14.8 Å². The molecule has 0 bridgehead atoms. The van der Waals surface area contributed by atoms with Crippen LogP contribution in [0.3, 0.4) is 0 Å². The van der Waals surface area contributed by atoms with Crippen molar-refractivity contribution in [2.75, 3.05) is 12.4 Å². The molecule has 36 heavy (non-hydrogen) atoms. The monoisotopic (exact) mass is 609 g/mol. The highest BCUT2D eigenvalue weighted by atomic mass is 127. The van der Waals surface area contributed by atoms with E-state index in [1.165, 1.54) is 25.3 Å². The number of halogens is 4. The second-order valence-electron chi connectivity index (χ2n) is 7.06. The quantitative estimate of drug-likeness (QED) is 0.107. The molecule has 8 nitrogen and oxygen atoms in total. The molecule has 3 aromatic rings. The van der Waals surface area contributed by atoms with Gasteiger partial charge in [-0.2, -0.15) is 18.4 Å². The maximum Gasteiger partial charge on any atom is 0.416 e. The standard InChI is InChI=1S/C24H15F3IN3O5/c1-35-21-11-14(9-15(13-29)23(32)30-17-5-3-2-4-6-17)10-18(28)22(21)36-20-8-7-16(24(25,26)27)12-19(20)31(33)34/h2-12H,1H3,(H,30,32)/b15-9+. The fraction of sp³-hybridized carbons (Fsp3) is 0.0833. The molecular weight excluding hydrogens is 594 g/mol. The molecule has 0 atom stereocenters. The van der Waals surface area contributed by atoms with Crippen LogP contribution in [0.15, 0.2) is 66.2 Å². The summed E-state index contributed by atoms with van der Waals surface area (Å²) in [5.74, 6) is -0.987. The maximum absolute atomic E-state index is 13.0. The van der Waals surface area contributed by atoms with Gasteiger partial charge in [0.25, 0.3) is 5.91 Å². The number of nitro benzene ring substituents is 1. The van der Waals surface area contributed by atoms with Crippen LogP contribution >= 0.6 is 22.6 Å². The normalized spacial score (nSPS) is 11.4. The number of hydrogen-bond acceptors (Lipinski definition) is 6. The molecule has 184 valence electrons. The van der Waals surface area contributed by atoms with Crippen molar-refractivity contribution in [1.82, 2.24) is 0 Å². The van der Waals surface area contributed by atoms with E-state index in [0.717, 1.165) is 6.07 Å². The Morgan fingerprint density at radius 1 is 1.14 bits per heavy atom. The van der Waals surface area contributed by atoms with Crippen LogP contribution in [0.4, 0.5) is 24.5 Å². The van der Waals surface area contributed by atoms with Crippen molar-refractivity contribution in [1.29, 1.82) is 5.26 Å². The average molecular weight is 609 g/mol. The van der Waals surface area contributed by atoms with Gasteiger partial charge in [-0.25, -0.2) is 0 Å². The van der Waals surface area contributed by atoms with Gasteiger partial charge in [0.05, 0.1) is 21.2 Å². The van der Waals surface area contributed by atoms with E-state index >= 15 is 0 Å². The van der Waals surface area contributed by atoms with Crippen molar-refractivity contribution in [2.45, 2.75) is 6.18 Å². The number of amides is 1. The van der Waals surface area contributed by atoms with Crippen molar-refractivity contribution >= 4 is 45.9 Å². The second kappa shape index (κ2) is 11.1. The van der Waals surface area contributed by atoms with Crippen LogP contribution in [0.2, 0.25) is 0 Å². The number of nitrogens with zero attached hydrogens (tertiary/aromatic N) is 2. The zero-order valence-corrected chi connectivity index (χ0v) is 20.5. The predicted octanol–water partition coefficient (Wildman–Crippen LogP) is 6.56. The molecule has 1 amide bonds. The van der Waals surface area contributed by atoms with Gasteiger partial charge in [-0.1, -0.05) is 18.2 Å². The molecule has 0 fully saturated rings. The third kappa shape index (κ3) is 6.30. The molecule has 1 N–H and O–H groups in total. The van der Waals surface area contributed by atoms with Gasteiger partial charge in [-0.15, -0.1) is 0 Å². The number of nitrogens with one attached hydrogen (secondary N) is 1. The van der Waals surface area contributed by atoms with Gasteiger partial charge in [0.1, 0.15) is 11.6 Å². The number of alkyl halides is 3. The molecule has 0 saturated carbocycles. The van der Waals surface area contributed by atoms with E-state index in [9.17, 15) is 33.3 Å². The first kappa shape index (κ1) is 26.5. The molecule has 0 aromatic heterocycles. The Morgan fingerprint density at radius 3 is 2.42 bits per heavy atom. The number of carbonyl (C=O) groups excluding carboxylic acids is 1. The minimum Gasteiger partial charge on any atom is -0.493 e. The zero-order valence-electron chi connectivity index (χ0n) is 18.3. The molecule has 3 aromatic carbocycles.